The summed E-state index contributed by atoms with van der Waals surface area (Å²) in [7, 11) is 0. The first-order chi connectivity index (χ1) is 17.0. The Labute approximate surface area is 209 Å². The molecule has 0 unspecified atom stereocenters. The van der Waals surface area contributed by atoms with E-state index in [0.717, 1.165) is 22.6 Å². The van der Waals surface area contributed by atoms with Gasteiger partial charge in [-0.2, -0.15) is 14.6 Å². The predicted octanol–water partition coefficient (Wildman–Crippen LogP) is 5.91. The van der Waals surface area contributed by atoms with Gasteiger partial charge in [0.1, 0.15) is 12.3 Å². The van der Waals surface area contributed by atoms with Gasteiger partial charge in [-0.05, 0) is 37.5 Å². The first-order valence-electron chi connectivity index (χ1n) is 11.6. The third-order valence-electron chi connectivity index (χ3n) is 5.74. The van der Waals surface area contributed by atoms with E-state index < -0.39 is 0 Å². The summed E-state index contributed by atoms with van der Waals surface area (Å²) in [4.78, 5) is 4.70. The van der Waals surface area contributed by atoms with Gasteiger partial charge in [-0.3, -0.25) is 0 Å². The lowest BCUT2D eigenvalue weighted by Gasteiger charge is -2.11. The molecule has 0 aliphatic rings. The fraction of sp³-hybridized carbons (Fsp3) is 0.214. The van der Waals surface area contributed by atoms with Crippen molar-refractivity contribution in [1.29, 1.82) is 0 Å². The molecule has 6 nitrogen and oxygen atoms in total. The Kier molecular flexibility index (Phi) is 6.77. The van der Waals surface area contributed by atoms with Crippen molar-refractivity contribution in [3.63, 3.8) is 0 Å². The van der Waals surface area contributed by atoms with E-state index in [1.165, 1.54) is 22.3 Å². The van der Waals surface area contributed by atoms with Gasteiger partial charge < -0.3 is 4.74 Å². The lowest BCUT2D eigenvalue weighted by molar-refractivity contribution is 0.288. The van der Waals surface area contributed by atoms with E-state index in [4.69, 9.17) is 14.8 Å². The maximum Gasteiger partial charge on any atom is 0.275 e. The molecule has 0 atom stereocenters. The molecule has 5 aromatic rings. The second-order valence-electron chi connectivity index (χ2n) is 8.77. The third-order valence-corrected chi connectivity index (χ3v) is 6.73. The summed E-state index contributed by atoms with van der Waals surface area (Å²) in [5.74, 6) is 1.70. The van der Waals surface area contributed by atoms with Gasteiger partial charge >= 0.3 is 0 Å². The highest BCUT2D eigenvalue weighted by atomic mass is 32.2. The molecule has 0 saturated carbocycles. The molecule has 7 heteroatoms. The highest BCUT2D eigenvalue weighted by Crippen LogP contribution is 2.24. The second-order valence-corrected chi connectivity index (χ2v) is 9.71. The molecule has 5 rings (SSSR count). The number of nitrogens with zero attached hydrogens (tertiary/aromatic N) is 5. The number of hydrogen-bond acceptors (Lipinski definition) is 6. The van der Waals surface area contributed by atoms with Crippen LogP contribution in [0.3, 0.4) is 0 Å². The summed E-state index contributed by atoms with van der Waals surface area (Å²) in [5.41, 5.74) is 7.89. The maximum absolute atomic E-state index is 6.16. The highest BCUT2D eigenvalue weighted by molar-refractivity contribution is 7.98. The minimum absolute atomic E-state index is 0.412. The number of thioether (sulfide) groups is 1. The number of aromatic nitrogens is 5. The van der Waals surface area contributed by atoms with Gasteiger partial charge in [-0.25, -0.2) is 0 Å². The van der Waals surface area contributed by atoms with Crippen molar-refractivity contribution in [2.75, 3.05) is 0 Å². The van der Waals surface area contributed by atoms with Crippen molar-refractivity contribution >= 4 is 17.5 Å². The first kappa shape index (κ1) is 23.1. The zero-order chi connectivity index (χ0) is 24.2. The standard InChI is InChI=1S/C28H27N5OS/c1-19-4-10-22(11-5-19)16-25-26(34-17-23-12-6-20(2)7-13-23)29-27-30-31-28(33(27)32-25)35-18-24-14-8-21(3)9-15-24/h4-15H,16-18H2,1-3H3. The topological polar surface area (TPSA) is 65.2 Å². The fourth-order valence-corrected chi connectivity index (χ4v) is 4.45. The summed E-state index contributed by atoms with van der Waals surface area (Å²) >= 11 is 1.60. The molecule has 35 heavy (non-hydrogen) atoms. The highest BCUT2D eigenvalue weighted by Gasteiger charge is 2.17. The van der Waals surface area contributed by atoms with E-state index in [9.17, 15) is 0 Å². The molecule has 0 N–H and O–H groups in total. The van der Waals surface area contributed by atoms with Crippen LogP contribution in [0.15, 0.2) is 78.0 Å². The number of rotatable bonds is 8. The SMILES string of the molecule is Cc1ccc(COc2nc3nnc(SCc4ccc(C)cc4)n3nc2Cc2ccc(C)cc2)cc1. The molecule has 0 radical (unpaired) electrons. The zero-order valence-corrected chi connectivity index (χ0v) is 20.9. The second kappa shape index (κ2) is 10.3. The van der Waals surface area contributed by atoms with Crippen molar-refractivity contribution in [2.24, 2.45) is 0 Å². The maximum atomic E-state index is 6.16. The Morgan fingerprint density at radius 2 is 1.29 bits per heavy atom. The lowest BCUT2D eigenvalue weighted by Crippen LogP contribution is -2.08. The van der Waals surface area contributed by atoms with E-state index in [1.54, 1.807) is 16.3 Å². The largest absolute Gasteiger partial charge is 0.471 e. The van der Waals surface area contributed by atoms with Gasteiger partial charge in [0.25, 0.3) is 5.78 Å². The van der Waals surface area contributed by atoms with Gasteiger partial charge in [0, 0.05) is 12.2 Å². The van der Waals surface area contributed by atoms with Crippen molar-refractivity contribution in [2.45, 2.75) is 44.7 Å². The van der Waals surface area contributed by atoms with Crippen molar-refractivity contribution < 1.29 is 4.74 Å². The quantitative estimate of drug-likeness (QED) is 0.257. The smallest absolute Gasteiger partial charge is 0.275 e. The van der Waals surface area contributed by atoms with Crippen LogP contribution in [-0.4, -0.2) is 24.8 Å². The van der Waals surface area contributed by atoms with E-state index in [0.29, 0.717) is 29.8 Å². The van der Waals surface area contributed by atoms with Crippen LogP contribution in [0.4, 0.5) is 0 Å². The molecule has 0 aliphatic heterocycles. The van der Waals surface area contributed by atoms with Gasteiger partial charge in [-0.1, -0.05) is 101 Å². The van der Waals surface area contributed by atoms with Crippen molar-refractivity contribution in [1.82, 2.24) is 24.8 Å². The van der Waals surface area contributed by atoms with E-state index in [1.807, 2.05) is 0 Å². The van der Waals surface area contributed by atoms with Gasteiger partial charge in [0.05, 0.1) is 0 Å². The predicted molar refractivity (Wildman–Crippen MR) is 139 cm³/mol. The third kappa shape index (κ3) is 5.69. The van der Waals surface area contributed by atoms with Crippen LogP contribution in [0.1, 0.15) is 39.1 Å². The Morgan fingerprint density at radius 3 is 1.91 bits per heavy atom. The Morgan fingerprint density at radius 1 is 0.714 bits per heavy atom. The molecular formula is C28H27N5OS. The number of aryl methyl sites for hydroxylation is 3. The molecule has 0 spiro atoms. The van der Waals surface area contributed by atoms with E-state index >= 15 is 0 Å². The van der Waals surface area contributed by atoms with Crippen LogP contribution in [0.5, 0.6) is 5.88 Å². The van der Waals surface area contributed by atoms with Crippen LogP contribution < -0.4 is 4.74 Å². The van der Waals surface area contributed by atoms with Gasteiger partial charge in [-0.15, -0.1) is 10.2 Å². The molecule has 2 heterocycles. The molecule has 0 fully saturated rings. The minimum Gasteiger partial charge on any atom is -0.471 e. The molecule has 0 amide bonds. The summed E-state index contributed by atoms with van der Waals surface area (Å²) < 4.78 is 7.88. The molecule has 0 aliphatic carbocycles. The van der Waals surface area contributed by atoms with Crippen LogP contribution >= 0.6 is 11.8 Å². The average molecular weight is 482 g/mol. The molecule has 176 valence electrons. The fourth-order valence-electron chi connectivity index (χ4n) is 3.62. The van der Waals surface area contributed by atoms with Crippen molar-refractivity contribution in [3.8, 4) is 5.88 Å². The number of benzene rings is 3. The first-order valence-corrected chi connectivity index (χ1v) is 12.6. The Bertz CT molecular complexity index is 1430. The number of ether oxygens (including phenoxy) is 1. The van der Waals surface area contributed by atoms with Gasteiger partial charge in [0.2, 0.25) is 11.0 Å². The summed E-state index contributed by atoms with van der Waals surface area (Å²) in [6.45, 7) is 6.66. The minimum atomic E-state index is 0.412. The average Bonchev–Trinajstić information content (AvgIpc) is 3.26. The van der Waals surface area contributed by atoms with E-state index in [2.05, 4.69) is 104 Å². The van der Waals surface area contributed by atoms with Crippen LogP contribution in [0.2, 0.25) is 0 Å². The monoisotopic (exact) mass is 481 g/mol. The molecule has 0 saturated heterocycles. The zero-order valence-electron chi connectivity index (χ0n) is 20.1. The number of fused-ring (bicyclic) bond motifs is 1. The summed E-state index contributed by atoms with van der Waals surface area (Å²) in [6, 6.07) is 25.3. The molecule has 2 aromatic heterocycles. The Hall–Kier alpha value is -3.71. The Balaban J connectivity index is 1.43. The van der Waals surface area contributed by atoms with Gasteiger partial charge in [0.15, 0.2) is 0 Å². The number of hydrogen-bond donors (Lipinski definition) is 0. The molecule has 0 bridgehead atoms. The van der Waals surface area contributed by atoms with Crippen LogP contribution in [0, 0.1) is 20.8 Å². The van der Waals surface area contributed by atoms with Crippen molar-refractivity contribution in [3.05, 3.63) is 112 Å². The molecule has 3 aromatic carbocycles. The summed E-state index contributed by atoms with van der Waals surface area (Å²) in [6.07, 6.45) is 0.604. The van der Waals surface area contributed by atoms with E-state index in [-0.39, 0.29) is 0 Å². The molecular weight excluding hydrogens is 454 g/mol. The summed E-state index contributed by atoms with van der Waals surface area (Å²) in [5, 5.41) is 14.2. The normalized spacial score (nSPS) is 11.2. The van der Waals surface area contributed by atoms with Crippen LogP contribution in [0.25, 0.3) is 5.78 Å². The van der Waals surface area contributed by atoms with Crippen LogP contribution in [-0.2, 0) is 18.8 Å². The lowest BCUT2D eigenvalue weighted by atomic mass is 10.1.